The van der Waals surface area contributed by atoms with Gasteiger partial charge in [0, 0.05) is 42.8 Å². The molecular weight excluding hydrogens is 378 g/mol. The van der Waals surface area contributed by atoms with Crippen LogP contribution in [0.4, 0.5) is 8.78 Å². The van der Waals surface area contributed by atoms with Crippen molar-refractivity contribution in [2.24, 2.45) is 0 Å². The molecule has 0 bridgehead atoms. The Kier molecular flexibility index (Phi) is 5.26. The van der Waals surface area contributed by atoms with Crippen LogP contribution < -0.4 is 0 Å². The van der Waals surface area contributed by atoms with E-state index in [9.17, 15) is 13.6 Å². The van der Waals surface area contributed by atoms with Crippen molar-refractivity contribution < 1.29 is 13.6 Å². The highest BCUT2D eigenvalue weighted by molar-refractivity contribution is 9.10. The van der Waals surface area contributed by atoms with E-state index in [-0.39, 0.29) is 11.7 Å². The van der Waals surface area contributed by atoms with Crippen molar-refractivity contribution in [1.29, 1.82) is 0 Å². The molecule has 1 amide bonds. The van der Waals surface area contributed by atoms with Gasteiger partial charge in [-0.1, -0.05) is 18.2 Å². The Morgan fingerprint density at radius 1 is 1.04 bits per heavy atom. The highest BCUT2D eigenvalue weighted by atomic mass is 79.9. The van der Waals surface area contributed by atoms with Gasteiger partial charge in [-0.05, 0) is 40.2 Å². The molecule has 1 aliphatic heterocycles. The molecule has 0 saturated carbocycles. The molecule has 2 aromatic carbocycles. The van der Waals surface area contributed by atoms with Crippen LogP contribution in [0.15, 0.2) is 46.9 Å². The Balaban J connectivity index is 1.61. The lowest BCUT2D eigenvalue weighted by Crippen LogP contribution is -2.48. The average Bonchev–Trinajstić information content (AvgIpc) is 2.59. The molecule has 2 aromatic rings. The van der Waals surface area contributed by atoms with Crippen molar-refractivity contribution >= 4 is 21.8 Å². The second-order valence-electron chi connectivity index (χ2n) is 5.78. The van der Waals surface area contributed by atoms with E-state index < -0.39 is 5.82 Å². The molecule has 1 saturated heterocycles. The summed E-state index contributed by atoms with van der Waals surface area (Å²) in [7, 11) is 0. The van der Waals surface area contributed by atoms with Gasteiger partial charge in [0.05, 0.1) is 5.56 Å². The number of hydrogen-bond acceptors (Lipinski definition) is 2. The number of benzene rings is 2. The Morgan fingerprint density at radius 2 is 1.75 bits per heavy atom. The first-order valence-electron chi connectivity index (χ1n) is 7.74. The van der Waals surface area contributed by atoms with E-state index >= 15 is 0 Å². The van der Waals surface area contributed by atoms with Crippen LogP contribution in [0.1, 0.15) is 15.9 Å². The first kappa shape index (κ1) is 17.0. The fourth-order valence-corrected chi connectivity index (χ4v) is 3.22. The van der Waals surface area contributed by atoms with Gasteiger partial charge in [0.1, 0.15) is 11.6 Å². The maximum Gasteiger partial charge on any atom is 0.255 e. The maximum atomic E-state index is 13.7. The molecule has 0 atom stereocenters. The molecule has 3 rings (SSSR count). The van der Waals surface area contributed by atoms with Crippen molar-refractivity contribution in [3.8, 4) is 0 Å². The van der Waals surface area contributed by atoms with Crippen molar-refractivity contribution in [2.75, 3.05) is 26.2 Å². The summed E-state index contributed by atoms with van der Waals surface area (Å²) in [5, 5.41) is 0. The number of amides is 1. The zero-order valence-corrected chi connectivity index (χ0v) is 14.6. The van der Waals surface area contributed by atoms with Gasteiger partial charge in [0.25, 0.3) is 5.91 Å². The van der Waals surface area contributed by atoms with Gasteiger partial charge in [-0.15, -0.1) is 0 Å². The summed E-state index contributed by atoms with van der Waals surface area (Å²) >= 11 is 3.30. The van der Waals surface area contributed by atoms with Crippen LogP contribution in [0.3, 0.4) is 0 Å². The minimum absolute atomic E-state index is 0.188. The Bertz CT molecular complexity index is 746. The van der Waals surface area contributed by atoms with Gasteiger partial charge in [0.15, 0.2) is 0 Å². The molecule has 1 fully saturated rings. The van der Waals surface area contributed by atoms with Crippen molar-refractivity contribution in [1.82, 2.24) is 9.80 Å². The van der Waals surface area contributed by atoms with Crippen LogP contribution >= 0.6 is 15.9 Å². The monoisotopic (exact) mass is 394 g/mol. The largest absolute Gasteiger partial charge is 0.336 e. The van der Waals surface area contributed by atoms with Crippen LogP contribution in [0, 0.1) is 11.6 Å². The van der Waals surface area contributed by atoms with Crippen molar-refractivity contribution in [2.45, 2.75) is 6.54 Å². The zero-order chi connectivity index (χ0) is 17.1. The first-order chi connectivity index (χ1) is 11.5. The highest BCUT2D eigenvalue weighted by Gasteiger charge is 2.24. The van der Waals surface area contributed by atoms with E-state index in [4.69, 9.17) is 0 Å². The van der Waals surface area contributed by atoms with Crippen LogP contribution in [0.5, 0.6) is 0 Å². The summed E-state index contributed by atoms with van der Waals surface area (Å²) in [4.78, 5) is 16.4. The number of rotatable bonds is 3. The molecule has 0 aliphatic carbocycles. The van der Waals surface area contributed by atoms with Crippen LogP contribution in [-0.4, -0.2) is 41.9 Å². The van der Waals surface area contributed by atoms with E-state index in [1.165, 1.54) is 24.3 Å². The highest BCUT2D eigenvalue weighted by Crippen LogP contribution is 2.21. The predicted octanol–water partition coefficient (Wildman–Crippen LogP) is 3.69. The Labute approximate surface area is 148 Å². The SMILES string of the molecule is O=C(c1cc(F)ccc1Br)N1CCN(Cc2ccccc2F)CC1. The normalized spacial score (nSPS) is 15.5. The third kappa shape index (κ3) is 3.82. The molecule has 1 aliphatic rings. The second-order valence-corrected chi connectivity index (χ2v) is 6.64. The number of piperazine rings is 1. The number of hydrogen-bond donors (Lipinski definition) is 0. The molecule has 0 N–H and O–H groups in total. The van der Waals surface area contributed by atoms with Crippen LogP contribution in [-0.2, 0) is 6.54 Å². The summed E-state index contributed by atoms with van der Waals surface area (Å²) in [6.45, 7) is 2.92. The average molecular weight is 395 g/mol. The molecule has 1 heterocycles. The van der Waals surface area contributed by atoms with E-state index in [2.05, 4.69) is 20.8 Å². The lowest BCUT2D eigenvalue weighted by Gasteiger charge is -2.35. The molecule has 24 heavy (non-hydrogen) atoms. The summed E-state index contributed by atoms with van der Waals surface area (Å²) in [5.74, 6) is -0.827. The summed E-state index contributed by atoms with van der Waals surface area (Å²) in [6.07, 6.45) is 0. The molecule has 0 radical (unpaired) electrons. The fraction of sp³-hybridized carbons (Fsp3) is 0.278. The van der Waals surface area contributed by atoms with E-state index in [1.54, 1.807) is 17.0 Å². The number of nitrogens with zero attached hydrogens (tertiary/aromatic N) is 2. The Morgan fingerprint density at radius 3 is 2.46 bits per heavy atom. The fourth-order valence-electron chi connectivity index (χ4n) is 2.81. The minimum atomic E-state index is -0.431. The topological polar surface area (TPSA) is 23.6 Å². The van der Waals surface area contributed by atoms with E-state index in [0.717, 1.165) is 0 Å². The number of halogens is 3. The lowest BCUT2D eigenvalue weighted by molar-refractivity contribution is 0.0625. The zero-order valence-electron chi connectivity index (χ0n) is 13.0. The van der Waals surface area contributed by atoms with Crippen molar-refractivity contribution in [3.63, 3.8) is 0 Å². The molecule has 0 unspecified atom stereocenters. The molecule has 0 spiro atoms. The quantitative estimate of drug-likeness (QED) is 0.792. The minimum Gasteiger partial charge on any atom is -0.336 e. The van der Waals surface area contributed by atoms with Crippen LogP contribution in [0.2, 0.25) is 0 Å². The number of carbonyl (C=O) groups excluding carboxylic acids is 1. The third-order valence-electron chi connectivity index (χ3n) is 4.17. The molecular formula is C18H17BrF2N2O. The summed E-state index contributed by atoms with van der Waals surface area (Å²) < 4.78 is 27.7. The van der Waals surface area contributed by atoms with E-state index in [0.29, 0.717) is 48.3 Å². The maximum absolute atomic E-state index is 13.7. The standard InChI is InChI=1S/C18H17BrF2N2O/c19-16-6-5-14(20)11-15(16)18(24)23-9-7-22(8-10-23)12-13-3-1-2-4-17(13)21/h1-6,11H,7-10,12H2. The third-order valence-corrected chi connectivity index (χ3v) is 4.86. The predicted molar refractivity (Wildman–Crippen MR) is 91.7 cm³/mol. The molecule has 3 nitrogen and oxygen atoms in total. The van der Waals surface area contributed by atoms with Crippen LogP contribution in [0.25, 0.3) is 0 Å². The summed E-state index contributed by atoms with van der Waals surface area (Å²) in [6, 6.07) is 10.8. The van der Waals surface area contributed by atoms with Crippen molar-refractivity contribution in [3.05, 3.63) is 69.7 Å². The molecule has 0 aromatic heterocycles. The lowest BCUT2D eigenvalue weighted by atomic mass is 10.1. The van der Waals surface area contributed by atoms with E-state index in [1.807, 2.05) is 6.07 Å². The number of carbonyl (C=O) groups is 1. The van der Waals surface area contributed by atoms with Gasteiger partial charge in [0.2, 0.25) is 0 Å². The second kappa shape index (κ2) is 7.40. The first-order valence-corrected chi connectivity index (χ1v) is 8.54. The van der Waals surface area contributed by atoms with Gasteiger partial charge in [-0.2, -0.15) is 0 Å². The smallest absolute Gasteiger partial charge is 0.255 e. The summed E-state index contributed by atoms with van der Waals surface area (Å²) in [5.41, 5.74) is 0.989. The Hall–Kier alpha value is -1.79. The van der Waals surface area contributed by atoms with Gasteiger partial charge < -0.3 is 4.90 Å². The van der Waals surface area contributed by atoms with Gasteiger partial charge in [-0.3, -0.25) is 9.69 Å². The van der Waals surface area contributed by atoms with Gasteiger partial charge in [-0.25, -0.2) is 8.78 Å². The van der Waals surface area contributed by atoms with Gasteiger partial charge >= 0.3 is 0 Å². The molecule has 6 heteroatoms. The molecule has 126 valence electrons.